The molecule has 0 fully saturated rings. The van der Waals surface area contributed by atoms with Crippen molar-refractivity contribution in [3.63, 3.8) is 0 Å². The van der Waals surface area contributed by atoms with Crippen molar-refractivity contribution in [3.8, 4) is 0 Å². The summed E-state index contributed by atoms with van der Waals surface area (Å²) in [7, 11) is 0. The summed E-state index contributed by atoms with van der Waals surface area (Å²) in [5.74, 6) is 0.338. The number of amides is 1. The standard InChI is InChI=1S/C22H18ClN3OS2/c1-15-10-17(23)11-19-21(15)25-22(29-19)26(13-16-6-5-9-24-12-16)20(27)14-28-18-7-3-2-4-8-18/h2-12H,13-14H2,1H3. The highest BCUT2D eigenvalue weighted by atomic mass is 35.5. The van der Waals surface area contributed by atoms with Gasteiger partial charge in [0, 0.05) is 22.3 Å². The van der Waals surface area contributed by atoms with Crippen LogP contribution in [0.1, 0.15) is 11.1 Å². The van der Waals surface area contributed by atoms with Gasteiger partial charge in [0.2, 0.25) is 5.91 Å². The predicted molar refractivity (Wildman–Crippen MR) is 122 cm³/mol. The molecule has 0 saturated heterocycles. The van der Waals surface area contributed by atoms with Gasteiger partial charge in [0.25, 0.3) is 0 Å². The number of nitrogens with zero attached hydrogens (tertiary/aromatic N) is 3. The molecule has 0 aliphatic heterocycles. The lowest BCUT2D eigenvalue weighted by Gasteiger charge is -2.19. The van der Waals surface area contributed by atoms with E-state index in [0.717, 1.165) is 26.2 Å². The molecular formula is C22H18ClN3OS2. The Hall–Kier alpha value is -2.41. The first-order chi connectivity index (χ1) is 14.1. The zero-order valence-electron chi connectivity index (χ0n) is 15.7. The Bertz CT molecular complexity index is 1130. The molecule has 2 aromatic heterocycles. The van der Waals surface area contributed by atoms with Gasteiger partial charge in [0.15, 0.2) is 5.13 Å². The number of thiazole rings is 1. The Morgan fingerprint density at radius 1 is 1.17 bits per heavy atom. The molecule has 0 atom stereocenters. The third-order valence-corrected chi connectivity index (χ3v) is 6.58. The monoisotopic (exact) mass is 439 g/mol. The highest BCUT2D eigenvalue weighted by Crippen LogP contribution is 2.34. The molecule has 0 unspecified atom stereocenters. The van der Waals surface area contributed by atoms with Crippen LogP contribution in [0.3, 0.4) is 0 Å². The van der Waals surface area contributed by atoms with Crippen LogP contribution in [0.4, 0.5) is 5.13 Å². The second-order valence-electron chi connectivity index (χ2n) is 6.51. The highest BCUT2D eigenvalue weighted by molar-refractivity contribution is 8.00. The van der Waals surface area contributed by atoms with Crippen LogP contribution in [0.5, 0.6) is 0 Å². The third-order valence-electron chi connectivity index (χ3n) is 4.34. The fourth-order valence-electron chi connectivity index (χ4n) is 2.93. The second-order valence-corrected chi connectivity index (χ2v) is 9.00. The van der Waals surface area contributed by atoms with Gasteiger partial charge in [-0.25, -0.2) is 4.98 Å². The van der Waals surface area contributed by atoms with Gasteiger partial charge in [-0.3, -0.25) is 14.7 Å². The lowest BCUT2D eigenvalue weighted by molar-refractivity contribution is -0.116. The number of anilines is 1. The summed E-state index contributed by atoms with van der Waals surface area (Å²) < 4.78 is 0.977. The molecule has 0 bridgehead atoms. The molecule has 2 aromatic carbocycles. The number of benzene rings is 2. The molecular weight excluding hydrogens is 422 g/mol. The SMILES string of the molecule is Cc1cc(Cl)cc2sc(N(Cc3cccnc3)C(=O)CSc3ccccc3)nc12. The summed E-state index contributed by atoms with van der Waals surface area (Å²) in [6, 6.07) is 17.6. The lowest BCUT2D eigenvalue weighted by atomic mass is 10.2. The molecule has 29 heavy (non-hydrogen) atoms. The summed E-state index contributed by atoms with van der Waals surface area (Å²) in [4.78, 5) is 24.9. The molecule has 0 spiro atoms. The quantitative estimate of drug-likeness (QED) is 0.347. The normalized spacial score (nSPS) is 11.0. The number of halogens is 1. The average molecular weight is 440 g/mol. The van der Waals surface area contributed by atoms with Crippen LogP contribution in [0.25, 0.3) is 10.2 Å². The van der Waals surface area contributed by atoms with E-state index in [1.54, 1.807) is 17.3 Å². The molecule has 7 heteroatoms. The van der Waals surface area contributed by atoms with E-state index in [-0.39, 0.29) is 5.91 Å². The maximum absolute atomic E-state index is 13.2. The molecule has 146 valence electrons. The Morgan fingerprint density at radius 3 is 2.76 bits per heavy atom. The lowest BCUT2D eigenvalue weighted by Crippen LogP contribution is -2.31. The number of thioether (sulfide) groups is 1. The van der Waals surface area contributed by atoms with Crippen LogP contribution in [0.2, 0.25) is 5.02 Å². The molecule has 0 N–H and O–H groups in total. The molecule has 0 aliphatic carbocycles. The van der Waals surface area contributed by atoms with Crippen LogP contribution in [0, 0.1) is 6.92 Å². The van der Waals surface area contributed by atoms with Crippen molar-refractivity contribution in [2.75, 3.05) is 10.7 Å². The van der Waals surface area contributed by atoms with E-state index in [1.165, 1.54) is 23.1 Å². The molecule has 4 nitrogen and oxygen atoms in total. The first-order valence-electron chi connectivity index (χ1n) is 9.04. The molecule has 4 aromatic rings. The molecule has 4 rings (SSSR count). The van der Waals surface area contributed by atoms with Crippen molar-refractivity contribution in [1.82, 2.24) is 9.97 Å². The highest BCUT2D eigenvalue weighted by Gasteiger charge is 2.21. The Morgan fingerprint density at radius 2 is 2.00 bits per heavy atom. The van der Waals surface area contributed by atoms with E-state index in [4.69, 9.17) is 16.6 Å². The van der Waals surface area contributed by atoms with Crippen molar-refractivity contribution in [3.05, 3.63) is 83.1 Å². The van der Waals surface area contributed by atoms with Crippen molar-refractivity contribution in [2.24, 2.45) is 0 Å². The third kappa shape index (κ3) is 4.78. The minimum atomic E-state index is 0.00510. The number of hydrogen-bond donors (Lipinski definition) is 0. The van der Waals surface area contributed by atoms with Gasteiger partial charge >= 0.3 is 0 Å². The van der Waals surface area contributed by atoms with Gasteiger partial charge in [-0.15, -0.1) is 11.8 Å². The van der Waals surface area contributed by atoms with Crippen LogP contribution in [-0.2, 0) is 11.3 Å². The van der Waals surface area contributed by atoms with E-state index in [0.29, 0.717) is 22.5 Å². The fraction of sp³-hybridized carbons (Fsp3) is 0.136. The zero-order chi connectivity index (χ0) is 20.2. The van der Waals surface area contributed by atoms with Gasteiger partial charge in [0.1, 0.15) is 0 Å². The second kappa shape index (κ2) is 8.95. The zero-order valence-corrected chi connectivity index (χ0v) is 18.1. The minimum absolute atomic E-state index is 0.00510. The van der Waals surface area contributed by atoms with Crippen LogP contribution in [0.15, 0.2) is 71.9 Å². The number of fused-ring (bicyclic) bond motifs is 1. The number of rotatable bonds is 6. The Balaban J connectivity index is 1.64. The summed E-state index contributed by atoms with van der Waals surface area (Å²) in [5, 5.41) is 1.35. The molecule has 1 amide bonds. The number of aryl methyl sites for hydroxylation is 1. The van der Waals surface area contributed by atoms with Gasteiger partial charge in [-0.1, -0.05) is 47.2 Å². The van der Waals surface area contributed by atoms with Gasteiger partial charge in [0.05, 0.1) is 22.5 Å². The summed E-state index contributed by atoms with van der Waals surface area (Å²) in [5.41, 5.74) is 2.84. The number of pyridine rings is 1. The number of carbonyl (C=O) groups is 1. The largest absolute Gasteiger partial charge is 0.283 e. The Labute approximate surface area is 182 Å². The maximum atomic E-state index is 13.2. The molecule has 0 radical (unpaired) electrons. The first kappa shape index (κ1) is 19.9. The van der Waals surface area contributed by atoms with E-state index in [9.17, 15) is 4.79 Å². The molecule has 2 heterocycles. The van der Waals surface area contributed by atoms with Crippen LogP contribution >= 0.6 is 34.7 Å². The molecule has 0 saturated carbocycles. The first-order valence-corrected chi connectivity index (χ1v) is 11.2. The van der Waals surface area contributed by atoms with Crippen molar-refractivity contribution >= 4 is 56.0 Å². The van der Waals surface area contributed by atoms with E-state index in [1.807, 2.05) is 61.5 Å². The van der Waals surface area contributed by atoms with Crippen molar-refractivity contribution in [2.45, 2.75) is 18.4 Å². The summed E-state index contributed by atoms with van der Waals surface area (Å²) in [6.07, 6.45) is 3.50. The fourth-order valence-corrected chi connectivity index (χ4v) is 5.17. The van der Waals surface area contributed by atoms with Crippen LogP contribution < -0.4 is 4.90 Å². The smallest absolute Gasteiger partial charge is 0.239 e. The molecule has 0 aliphatic rings. The van der Waals surface area contributed by atoms with Crippen molar-refractivity contribution in [1.29, 1.82) is 0 Å². The average Bonchev–Trinajstić information content (AvgIpc) is 3.16. The van der Waals surface area contributed by atoms with Gasteiger partial charge < -0.3 is 0 Å². The topological polar surface area (TPSA) is 46.1 Å². The van der Waals surface area contributed by atoms with E-state index >= 15 is 0 Å². The predicted octanol–water partition coefficient (Wildman–Crippen LogP) is 5.98. The minimum Gasteiger partial charge on any atom is -0.283 e. The van der Waals surface area contributed by atoms with Gasteiger partial charge in [-0.2, -0.15) is 0 Å². The van der Waals surface area contributed by atoms with E-state index in [2.05, 4.69) is 4.98 Å². The number of carbonyl (C=O) groups excluding carboxylic acids is 1. The number of aromatic nitrogens is 2. The maximum Gasteiger partial charge on any atom is 0.239 e. The van der Waals surface area contributed by atoms with Crippen molar-refractivity contribution < 1.29 is 4.79 Å². The number of hydrogen-bond acceptors (Lipinski definition) is 5. The summed E-state index contributed by atoms with van der Waals surface area (Å²) in [6.45, 7) is 2.41. The van der Waals surface area contributed by atoms with Gasteiger partial charge in [-0.05, 0) is 48.4 Å². The summed E-state index contributed by atoms with van der Waals surface area (Å²) >= 11 is 9.22. The van der Waals surface area contributed by atoms with E-state index < -0.39 is 0 Å². The van der Waals surface area contributed by atoms with Crippen LogP contribution in [-0.4, -0.2) is 21.6 Å². The Kier molecular flexibility index (Phi) is 6.13.